The molecule has 122 valence electrons. The Bertz CT molecular complexity index is 450. The molecule has 1 fully saturated rings. The van der Waals surface area contributed by atoms with E-state index in [0.717, 1.165) is 19.4 Å². The summed E-state index contributed by atoms with van der Waals surface area (Å²) in [7, 11) is 0. The lowest BCUT2D eigenvalue weighted by Crippen LogP contribution is -2.39. The van der Waals surface area contributed by atoms with Crippen LogP contribution in [-0.4, -0.2) is 37.0 Å². The topological polar surface area (TPSA) is 32.3 Å². The van der Waals surface area contributed by atoms with E-state index in [1.807, 2.05) is 32.0 Å². The summed E-state index contributed by atoms with van der Waals surface area (Å²) < 4.78 is 0. The summed E-state index contributed by atoms with van der Waals surface area (Å²) in [4.78, 5) is 14.9. The first-order chi connectivity index (χ1) is 10.6. The Labute approximate surface area is 135 Å². The highest BCUT2D eigenvalue weighted by molar-refractivity contribution is 5.82. The van der Waals surface area contributed by atoms with Crippen LogP contribution in [0.1, 0.15) is 45.1 Å². The smallest absolute Gasteiger partial charge is 0.225 e. The second kappa shape index (κ2) is 8.33. The van der Waals surface area contributed by atoms with Crippen LogP contribution in [0.15, 0.2) is 30.3 Å². The Balaban J connectivity index is 1.64. The van der Waals surface area contributed by atoms with E-state index in [1.165, 1.54) is 44.5 Å². The predicted molar refractivity (Wildman–Crippen MR) is 91.8 cm³/mol. The minimum Gasteiger partial charge on any atom is -0.356 e. The monoisotopic (exact) mass is 302 g/mol. The molecule has 0 aromatic heterocycles. The zero-order valence-electron chi connectivity index (χ0n) is 14.1. The lowest BCUT2D eigenvalue weighted by Gasteiger charge is -2.24. The maximum absolute atomic E-state index is 12.4. The van der Waals surface area contributed by atoms with Gasteiger partial charge >= 0.3 is 0 Å². The predicted octanol–water partition coefficient (Wildman–Crippen LogP) is 3.25. The standard InChI is InChI=1S/C19H30N2O/c1-19(2,16-17-10-4-3-5-11-17)18(22)20-12-6-7-13-21-14-8-9-15-21/h3-5,10-11H,6-9,12-16H2,1-2H3,(H,20,22). The van der Waals surface area contributed by atoms with Crippen molar-refractivity contribution >= 4 is 5.91 Å². The normalized spacial score (nSPS) is 15.9. The molecule has 1 saturated heterocycles. The van der Waals surface area contributed by atoms with Crippen LogP contribution in [-0.2, 0) is 11.2 Å². The lowest BCUT2D eigenvalue weighted by atomic mass is 9.85. The molecular formula is C19H30N2O. The number of hydrogen-bond donors (Lipinski definition) is 1. The van der Waals surface area contributed by atoms with Gasteiger partial charge in [-0.2, -0.15) is 0 Å². The van der Waals surface area contributed by atoms with Crippen molar-refractivity contribution in [1.29, 1.82) is 0 Å². The Morgan fingerprint density at radius 2 is 1.82 bits per heavy atom. The number of benzene rings is 1. The molecule has 0 saturated carbocycles. The molecule has 0 unspecified atom stereocenters. The number of nitrogens with one attached hydrogen (secondary N) is 1. The fraction of sp³-hybridized carbons (Fsp3) is 0.632. The van der Waals surface area contributed by atoms with Gasteiger partial charge in [-0.15, -0.1) is 0 Å². The lowest BCUT2D eigenvalue weighted by molar-refractivity contribution is -0.129. The molecule has 2 rings (SSSR count). The van der Waals surface area contributed by atoms with Crippen LogP contribution in [0.4, 0.5) is 0 Å². The minimum atomic E-state index is -0.351. The van der Waals surface area contributed by atoms with Crippen LogP contribution in [0.25, 0.3) is 0 Å². The van der Waals surface area contributed by atoms with E-state index < -0.39 is 0 Å². The molecule has 1 heterocycles. The first kappa shape index (κ1) is 17.0. The summed E-state index contributed by atoms with van der Waals surface area (Å²) in [5.41, 5.74) is 0.868. The van der Waals surface area contributed by atoms with Crippen molar-refractivity contribution in [2.24, 2.45) is 5.41 Å². The molecule has 0 bridgehead atoms. The van der Waals surface area contributed by atoms with Gasteiger partial charge in [0.2, 0.25) is 5.91 Å². The number of likely N-dealkylation sites (tertiary alicyclic amines) is 1. The maximum atomic E-state index is 12.4. The van der Waals surface area contributed by atoms with Gasteiger partial charge in [-0.05, 0) is 57.3 Å². The van der Waals surface area contributed by atoms with Gasteiger partial charge in [0.15, 0.2) is 0 Å². The average Bonchev–Trinajstić information content (AvgIpc) is 3.00. The van der Waals surface area contributed by atoms with E-state index in [4.69, 9.17) is 0 Å². The highest BCUT2D eigenvalue weighted by Gasteiger charge is 2.27. The van der Waals surface area contributed by atoms with Crippen molar-refractivity contribution in [3.8, 4) is 0 Å². The van der Waals surface area contributed by atoms with Crippen molar-refractivity contribution < 1.29 is 4.79 Å². The number of rotatable bonds is 8. The van der Waals surface area contributed by atoms with Crippen molar-refractivity contribution in [3.63, 3.8) is 0 Å². The Hall–Kier alpha value is -1.35. The largest absolute Gasteiger partial charge is 0.356 e. The zero-order chi connectivity index (χ0) is 15.8. The van der Waals surface area contributed by atoms with Gasteiger partial charge in [-0.1, -0.05) is 44.2 Å². The molecule has 1 aliphatic heterocycles. The fourth-order valence-electron chi connectivity index (χ4n) is 3.09. The second-order valence-corrected chi connectivity index (χ2v) is 7.06. The molecule has 1 N–H and O–H groups in total. The van der Waals surface area contributed by atoms with Crippen LogP contribution in [0.3, 0.4) is 0 Å². The fourth-order valence-corrected chi connectivity index (χ4v) is 3.09. The van der Waals surface area contributed by atoms with Gasteiger partial charge in [-0.3, -0.25) is 4.79 Å². The Kier molecular flexibility index (Phi) is 6.44. The Morgan fingerprint density at radius 1 is 1.14 bits per heavy atom. The third-order valence-corrected chi connectivity index (χ3v) is 4.49. The first-order valence-corrected chi connectivity index (χ1v) is 8.62. The molecule has 0 radical (unpaired) electrons. The van der Waals surface area contributed by atoms with Gasteiger partial charge in [0, 0.05) is 12.0 Å². The number of carbonyl (C=O) groups is 1. The van der Waals surface area contributed by atoms with E-state index >= 15 is 0 Å². The molecule has 0 atom stereocenters. The minimum absolute atomic E-state index is 0.164. The van der Waals surface area contributed by atoms with E-state index in [-0.39, 0.29) is 11.3 Å². The van der Waals surface area contributed by atoms with Crippen molar-refractivity contribution in [2.45, 2.75) is 46.0 Å². The van der Waals surface area contributed by atoms with Crippen LogP contribution < -0.4 is 5.32 Å². The van der Waals surface area contributed by atoms with Crippen LogP contribution in [0, 0.1) is 5.41 Å². The van der Waals surface area contributed by atoms with Crippen molar-refractivity contribution in [3.05, 3.63) is 35.9 Å². The summed E-state index contributed by atoms with van der Waals surface area (Å²) in [6.45, 7) is 8.56. The highest BCUT2D eigenvalue weighted by Crippen LogP contribution is 2.22. The molecule has 3 heteroatoms. The summed E-state index contributed by atoms with van der Waals surface area (Å²) >= 11 is 0. The van der Waals surface area contributed by atoms with Gasteiger partial charge in [0.05, 0.1) is 0 Å². The third-order valence-electron chi connectivity index (χ3n) is 4.49. The van der Waals surface area contributed by atoms with Crippen molar-refractivity contribution in [2.75, 3.05) is 26.2 Å². The second-order valence-electron chi connectivity index (χ2n) is 7.06. The van der Waals surface area contributed by atoms with E-state index in [1.54, 1.807) is 0 Å². The average molecular weight is 302 g/mol. The number of amides is 1. The van der Waals surface area contributed by atoms with Gasteiger partial charge < -0.3 is 10.2 Å². The van der Waals surface area contributed by atoms with Gasteiger partial charge in [-0.25, -0.2) is 0 Å². The van der Waals surface area contributed by atoms with Crippen molar-refractivity contribution in [1.82, 2.24) is 10.2 Å². The van der Waals surface area contributed by atoms with Crippen LogP contribution in [0.2, 0.25) is 0 Å². The highest BCUT2D eigenvalue weighted by atomic mass is 16.2. The third kappa shape index (κ3) is 5.45. The summed E-state index contributed by atoms with van der Waals surface area (Å²) in [5, 5.41) is 3.11. The molecule has 1 aliphatic rings. The molecule has 3 nitrogen and oxygen atoms in total. The first-order valence-electron chi connectivity index (χ1n) is 8.62. The number of carbonyl (C=O) groups excluding carboxylic acids is 1. The van der Waals surface area contributed by atoms with Gasteiger partial charge in [0.1, 0.15) is 0 Å². The van der Waals surface area contributed by atoms with Crippen LogP contribution >= 0.6 is 0 Å². The quantitative estimate of drug-likeness (QED) is 0.748. The Morgan fingerprint density at radius 3 is 2.50 bits per heavy atom. The molecule has 0 aliphatic carbocycles. The van der Waals surface area contributed by atoms with E-state index in [0.29, 0.717) is 0 Å². The molecular weight excluding hydrogens is 272 g/mol. The maximum Gasteiger partial charge on any atom is 0.225 e. The van der Waals surface area contributed by atoms with E-state index in [9.17, 15) is 4.79 Å². The summed E-state index contributed by atoms with van der Waals surface area (Å²) in [6.07, 6.45) is 5.74. The molecule has 1 aromatic carbocycles. The SMILES string of the molecule is CC(C)(Cc1ccccc1)C(=O)NCCCCN1CCCC1. The molecule has 22 heavy (non-hydrogen) atoms. The van der Waals surface area contributed by atoms with E-state index in [2.05, 4.69) is 22.3 Å². The molecule has 0 spiro atoms. The van der Waals surface area contributed by atoms with Gasteiger partial charge in [0.25, 0.3) is 0 Å². The number of unbranched alkanes of at least 4 members (excludes halogenated alkanes) is 1. The number of hydrogen-bond acceptors (Lipinski definition) is 2. The molecule has 1 aromatic rings. The number of nitrogens with zero attached hydrogens (tertiary/aromatic N) is 1. The molecule has 1 amide bonds. The zero-order valence-corrected chi connectivity index (χ0v) is 14.1. The summed E-state index contributed by atoms with van der Waals surface area (Å²) in [5.74, 6) is 0.164. The van der Waals surface area contributed by atoms with Crippen LogP contribution in [0.5, 0.6) is 0 Å². The summed E-state index contributed by atoms with van der Waals surface area (Å²) in [6, 6.07) is 10.2.